The first kappa shape index (κ1) is 36.0. The average molecular weight is 701 g/mol. The summed E-state index contributed by atoms with van der Waals surface area (Å²) in [4.78, 5) is 4.65. The van der Waals surface area contributed by atoms with Crippen molar-refractivity contribution in [1.82, 2.24) is 0 Å². The maximum absolute atomic E-state index is 2.33. The van der Waals surface area contributed by atoms with Crippen LogP contribution in [0.5, 0.6) is 0 Å². The van der Waals surface area contributed by atoms with Gasteiger partial charge in [0.25, 0.3) is 0 Å². The maximum atomic E-state index is 2.33. The summed E-state index contributed by atoms with van der Waals surface area (Å²) in [5.41, 5.74) is 19.2. The van der Waals surface area contributed by atoms with Gasteiger partial charge in [-0.05, 0) is 159 Å². The molecule has 0 heterocycles. The second kappa shape index (κ2) is 16.1. The third-order valence-electron chi connectivity index (χ3n) is 10.3. The Kier molecular flexibility index (Phi) is 10.7. The second-order valence-electron chi connectivity index (χ2n) is 14.4. The molecule has 54 heavy (non-hydrogen) atoms. The van der Waals surface area contributed by atoms with Crippen molar-refractivity contribution in [2.45, 2.75) is 41.5 Å². The molecule has 0 aliphatic carbocycles. The zero-order valence-corrected chi connectivity index (χ0v) is 32.2. The van der Waals surface area contributed by atoms with Crippen LogP contribution < -0.4 is 9.80 Å². The van der Waals surface area contributed by atoms with E-state index >= 15 is 0 Å². The highest BCUT2D eigenvalue weighted by Crippen LogP contribution is 2.37. The van der Waals surface area contributed by atoms with Crippen LogP contribution in [-0.2, 0) is 0 Å². The Morgan fingerprint density at radius 1 is 0.259 bits per heavy atom. The lowest BCUT2D eigenvalue weighted by Gasteiger charge is -2.26. The van der Waals surface area contributed by atoms with Gasteiger partial charge in [-0.25, -0.2) is 0 Å². The third-order valence-corrected chi connectivity index (χ3v) is 10.3. The van der Waals surface area contributed by atoms with E-state index in [-0.39, 0.29) is 0 Å². The minimum Gasteiger partial charge on any atom is -0.310 e. The summed E-state index contributed by atoms with van der Waals surface area (Å²) in [6, 6.07) is 57.1. The van der Waals surface area contributed by atoms with Crippen LogP contribution in [0.2, 0.25) is 0 Å². The predicted octanol–water partition coefficient (Wildman–Crippen LogP) is 14.8. The van der Waals surface area contributed by atoms with Crippen molar-refractivity contribution < 1.29 is 0 Å². The van der Waals surface area contributed by atoms with Gasteiger partial charge in [0.1, 0.15) is 0 Å². The molecule has 0 saturated heterocycles. The Bertz CT molecular complexity index is 2220. The molecule has 266 valence electrons. The van der Waals surface area contributed by atoms with E-state index in [1.165, 1.54) is 44.5 Å². The topological polar surface area (TPSA) is 6.48 Å². The van der Waals surface area contributed by atoms with Gasteiger partial charge in [0.05, 0.1) is 0 Å². The van der Waals surface area contributed by atoms with Gasteiger partial charge in [-0.15, -0.1) is 0 Å². The SMILES string of the molecule is Cc1ccc(N(c2ccc(C=Cc3ccc(C=Cc4ccc(N(c5ccc(C)cc5)c5ccc(C)c(C)c5)cc4)cc3)cc2)c2ccc(C)c(C)c2)cc1. The van der Waals surface area contributed by atoms with Crippen molar-refractivity contribution in [3.05, 3.63) is 213 Å². The van der Waals surface area contributed by atoms with E-state index < -0.39 is 0 Å². The fourth-order valence-electron chi connectivity index (χ4n) is 6.58. The van der Waals surface area contributed by atoms with Crippen LogP contribution >= 0.6 is 0 Å². The van der Waals surface area contributed by atoms with Gasteiger partial charge >= 0.3 is 0 Å². The summed E-state index contributed by atoms with van der Waals surface area (Å²) < 4.78 is 0. The van der Waals surface area contributed by atoms with E-state index in [9.17, 15) is 0 Å². The average Bonchev–Trinajstić information content (AvgIpc) is 3.19. The first-order valence-corrected chi connectivity index (χ1v) is 18.7. The molecule has 7 aromatic carbocycles. The molecule has 0 unspecified atom stereocenters. The molecular formula is C52H48N2. The summed E-state index contributed by atoms with van der Waals surface area (Å²) in [5, 5.41) is 0. The number of hydrogen-bond donors (Lipinski definition) is 0. The van der Waals surface area contributed by atoms with E-state index in [0.29, 0.717) is 0 Å². The number of hydrogen-bond acceptors (Lipinski definition) is 2. The van der Waals surface area contributed by atoms with E-state index in [4.69, 9.17) is 0 Å². The molecule has 0 atom stereocenters. The molecule has 7 aromatic rings. The van der Waals surface area contributed by atoms with Crippen LogP contribution in [0.15, 0.2) is 158 Å². The highest BCUT2D eigenvalue weighted by molar-refractivity contribution is 5.80. The lowest BCUT2D eigenvalue weighted by molar-refractivity contribution is 1.24. The maximum Gasteiger partial charge on any atom is 0.0464 e. The highest BCUT2D eigenvalue weighted by Gasteiger charge is 2.14. The second-order valence-corrected chi connectivity index (χ2v) is 14.4. The summed E-state index contributed by atoms with van der Waals surface area (Å²) in [7, 11) is 0. The van der Waals surface area contributed by atoms with Crippen LogP contribution in [0.25, 0.3) is 24.3 Å². The van der Waals surface area contributed by atoms with Gasteiger partial charge in [-0.1, -0.05) is 120 Å². The minimum atomic E-state index is 1.13. The predicted molar refractivity (Wildman–Crippen MR) is 235 cm³/mol. The molecule has 0 amide bonds. The number of aryl methyl sites for hydroxylation is 6. The van der Waals surface area contributed by atoms with Gasteiger partial charge in [0.15, 0.2) is 0 Å². The number of rotatable bonds is 10. The molecule has 2 heteroatoms. The van der Waals surface area contributed by atoms with Gasteiger partial charge in [-0.2, -0.15) is 0 Å². The van der Waals surface area contributed by atoms with Gasteiger partial charge in [-0.3, -0.25) is 0 Å². The Labute approximate surface area is 322 Å². The smallest absolute Gasteiger partial charge is 0.0464 e. The van der Waals surface area contributed by atoms with E-state index in [0.717, 1.165) is 45.3 Å². The molecule has 0 aliphatic rings. The first-order chi connectivity index (χ1) is 26.2. The molecule has 0 aliphatic heterocycles. The largest absolute Gasteiger partial charge is 0.310 e. The monoisotopic (exact) mass is 700 g/mol. The lowest BCUT2D eigenvalue weighted by atomic mass is 10.1. The Morgan fingerprint density at radius 3 is 0.778 bits per heavy atom. The molecule has 0 bridgehead atoms. The summed E-state index contributed by atoms with van der Waals surface area (Å²) >= 11 is 0. The van der Waals surface area contributed by atoms with Crippen molar-refractivity contribution in [1.29, 1.82) is 0 Å². The molecule has 2 nitrogen and oxygen atoms in total. The Hall–Kier alpha value is -6.38. The molecular weight excluding hydrogens is 653 g/mol. The van der Waals surface area contributed by atoms with Crippen LogP contribution in [-0.4, -0.2) is 0 Å². The first-order valence-electron chi connectivity index (χ1n) is 18.7. The van der Waals surface area contributed by atoms with Crippen LogP contribution in [0.3, 0.4) is 0 Å². The number of nitrogens with zero attached hydrogens (tertiary/aromatic N) is 2. The van der Waals surface area contributed by atoms with E-state index in [2.05, 4.69) is 233 Å². The van der Waals surface area contributed by atoms with Gasteiger partial charge < -0.3 is 9.80 Å². The fraction of sp³-hybridized carbons (Fsp3) is 0.115. The van der Waals surface area contributed by atoms with Gasteiger partial charge in [0.2, 0.25) is 0 Å². The van der Waals surface area contributed by atoms with Crippen LogP contribution in [0.1, 0.15) is 55.6 Å². The normalized spacial score (nSPS) is 11.4. The minimum absolute atomic E-state index is 1.13. The van der Waals surface area contributed by atoms with Crippen molar-refractivity contribution in [2.24, 2.45) is 0 Å². The number of anilines is 6. The van der Waals surface area contributed by atoms with Crippen molar-refractivity contribution in [3.8, 4) is 0 Å². The molecule has 0 fully saturated rings. The van der Waals surface area contributed by atoms with Crippen molar-refractivity contribution >= 4 is 58.4 Å². The standard InChI is InChI=1S/C52H48N2/c1-37-7-25-47(26-8-37)53(51-29-11-39(3)41(5)35-51)49-31-21-45(22-32-49)19-17-43-13-15-44(16-14-43)18-20-46-23-33-50(34-24-46)54(48-27-9-38(2)10-28-48)52-30-12-40(4)42(6)36-52/h7-36H,1-6H3. The van der Waals surface area contributed by atoms with Crippen LogP contribution in [0.4, 0.5) is 34.1 Å². The van der Waals surface area contributed by atoms with Crippen molar-refractivity contribution in [2.75, 3.05) is 9.80 Å². The molecule has 0 aromatic heterocycles. The highest BCUT2D eigenvalue weighted by atomic mass is 15.1. The fourth-order valence-corrected chi connectivity index (χ4v) is 6.58. The molecule has 0 radical (unpaired) electrons. The zero-order chi connectivity index (χ0) is 37.6. The Balaban J connectivity index is 1.03. The Morgan fingerprint density at radius 2 is 0.500 bits per heavy atom. The molecule has 0 N–H and O–H groups in total. The quantitative estimate of drug-likeness (QED) is 0.131. The molecule has 0 spiro atoms. The summed E-state index contributed by atoms with van der Waals surface area (Å²) in [6.07, 6.45) is 8.72. The molecule has 7 rings (SSSR count). The van der Waals surface area contributed by atoms with Crippen molar-refractivity contribution in [3.63, 3.8) is 0 Å². The molecule has 0 saturated carbocycles. The van der Waals surface area contributed by atoms with E-state index in [1.807, 2.05) is 0 Å². The van der Waals surface area contributed by atoms with Gasteiger partial charge in [0, 0.05) is 34.1 Å². The third kappa shape index (κ3) is 8.46. The zero-order valence-electron chi connectivity index (χ0n) is 32.2. The van der Waals surface area contributed by atoms with E-state index in [1.54, 1.807) is 0 Å². The number of benzene rings is 7. The summed E-state index contributed by atoms with van der Waals surface area (Å²) in [5.74, 6) is 0. The lowest BCUT2D eigenvalue weighted by Crippen LogP contribution is -2.10. The van der Waals surface area contributed by atoms with Crippen LogP contribution in [0, 0.1) is 41.5 Å². The summed E-state index contributed by atoms with van der Waals surface area (Å²) in [6.45, 7) is 12.9.